The molecule has 0 fully saturated rings. The summed E-state index contributed by atoms with van der Waals surface area (Å²) in [6.07, 6.45) is 0. The number of amides is 1. The van der Waals surface area contributed by atoms with Gasteiger partial charge in [0.2, 0.25) is 0 Å². The van der Waals surface area contributed by atoms with Crippen molar-refractivity contribution in [2.75, 3.05) is 11.3 Å². The van der Waals surface area contributed by atoms with Crippen LogP contribution in [0, 0.1) is 5.82 Å². The number of hydrogen-bond acceptors (Lipinski definition) is 4. The zero-order valence-electron chi connectivity index (χ0n) is 15.6. The van der Waals surface area contributed by atoms with Gasteiger partial charge in [0, 0.05) is 12.2 Å². The first-order valence-corrected chi connectivity index (χ1v) is 10.7. The molecule has 2 N–H and O–H groups in total. The molecule has 0 radical (unpaired) electrons. The molecule has 0 saturated heterocycles. The van der Waals surface area contributed by atoms with Crippen molar-refractivity contribution in [1.29, 1.82) is 0 Å². The number of carbonyl (C=O) groups excluding carboxylic acids is 1. The molecule has 3 aromatic carbocycles. The summed E-state index contributed by atoms with van der Waals surface area (Å²) >= 11 is 6.12. The Hall–Kier alpha value is -3.10. The van der Waals surface area contributed by atoms with Crippen LogP contribution >= 0.6 is 11.6 Å². The maximum absolute atomic E-state index is 13.0. The Balaban J connectivity index is 1.59. The van der Waals surface area contributed by atoms with Crippen LogP contribution in [-0.4, -0.2) is 20.9 Å². The number of anilines is 1. The van der Waals surface area contributed by atoms with E-state index in [1.165, 1.54) is 30.3 Å². The number of halogens is 2. The number of benzene rings is 3. The number of rotatable bonds is 8. The van der Waals surface area contributed by atoms with Crippen LogP contribution in [0.5, 0.6) is 5.75 Å². The molecule has 0 heterocycles. The topological polar surface area (TPSA) is 84.5 Å². The van der Waals surface area contributed by atoms with Crippen LogP contribution in [0.15, 0.2) is 77.7 Å². The van der Waals surface area contributed by atoms with Crippen LogP contribution in [0.25, 0.3) is 0 Å². The van der Waals surface area contributed by atoms with E-state index in [4.69, 9.17) is 16.3 Å². The van der Waals surface area contributed by atoms with E-state index in [-0.39, 0.29) is 33.9 Å². The van der Waals surface area contributed by atoms with Crippen LogP contribution in [0.2, 0.25) is 5.02 Å². The molecule has 3 rings (SSSR count). The summed E-state index contributed by atoms with van der Waals surface area (Å²) in [5, 5.41) is 2.75. The zero-order valence-corrected chi connectivity index (χ0v) is 17.2. The summed E-state index contributed by atoms with van der Waals surface area (Å²) in [5.41, 5.74) is 1.16. The van der Waals surface area contributed by atoms with Gasteiger partial charge in [-0.25, -0.2) is 12.8 Å². The summed E-state index contributed by atoms with van der Waals surface area (Å²) in [6.45, 7) is 0.0927. The van der Waals surface area contributed by atoms with E-state index in [1.54, 1.807) is 0 Å². The molecule has 0 bridgehead atoms. The first-order valence-electron chi connectivity index (χ1n) is 8.85. The highest BCUT2D eigenvalue weighted by atomic mass is 35.5. The molecule has 156 valence electrons. The van der Waals surface area contributed by atoms with E-state index in [0.29, 0.717) is 6.54 Å². The van der Waals surface area contributed by atoms with Crippen molar-refractivity contribution < 1.29 is 22.3 Å². The van der Waals surface area contributed by atoms with E-state index in [1.807, 2.05) is 30.3 Å². The van der Waals surface area contributed by atoms with Gasteiger partial charge in [-0.3, -0.25) is 9.52 Å². The van der Waals surface area contributed by atoms with Crippen molar-refractivity contribution in [3.8, 4) is 5.75 Å². The number of nitrogens with one attached hydrogen (secondary N) is 2. The largest absolute Gasteiger partial charge is 0.482 e. The molecular weight excluding hydrogens is 431 g/mol. The Morgan fingerprint density at radius 1 is 1.00 bits per heavy atom. The fraction of sp³-hybridized carbons (Fsp3) is 0.0952. The Morgan fingerprint density at radius 3 is 2.37 bits per heavy atom. The lowest BCUT2D eigenvalue weighted by Crippen LogP contribution is -2.28. The lowest BCUT2D eigenvalue weighted by Gasteiger charge is -2.11. The summed E-state index contributed by atoms with van der Waals surface area (Å²) in [6, 6.07) is 18.2. The Bertz CT molecular complexity index is 1120. The average Bonchev–Trinajstić information content (AvgIpc) is 2.73. The molecule has 1 amide bonds. The SMILES string of the molecule is O=C(COc1ccc(S(=O)(=O)Nc2ccc(F)cc2)cc1Cl)NCc1ccccc1. The Labute approximate surface area is 178 Å². The van der Waals surface area contributed by atoms with Gasteiger partial charge in [-0.1, -0.05) is 41.9 Å². The van der Waals surface area contributed by atoms with E-state index < -0.39 is 15.8 Å². The highest BCUT2D eigenvalue weighted by Crippen LogP contribution is 2.28. The fourth-order valence-electron chi connectivity index (χ4n) is 2.49. The van der Waals surface area contributed by atoms with Crippen molar-refractivity contribution in [2.24, 2.45) is 0 Å². The molecular formula is C21H18ClFN2O4S. The molecule has 30 heavy (non-hydrogen) atoms. The minimum atomic E-state index is -3.93. The number of hydrogen-bond donors (Lipinski definition) is 2. The Morgan fingerprint density at radius 2 is 1.70 bits per heavy atom. The fourth-order valence-corrected chi connectivity index (χ4v) is 3.87. The van der Waals surface area contributed by atoms with Crippen molar-refractivity contribution in [3.05, 3.63) is 89.2 Å². The monoisotopic (exact) mass is 448 g/mol. The van der Waals surface area contributed by atoms with Gasteiger partial charge >= 0.3 is 0 Å². The quantitative estimate of drug-likeness (QED) is 0.546. The molecule has 3 aromatic rings. The van der Waals surface area contributed by atoms with Gasteiger partial charge in [0.05, 0.1) is 9.92 Å². The van der Waals surface area contributed by atoms with Gasteiger partial charge in [-0.2, -0.15) is 0 Å². The van der Waals surface area contributed by atoms with E-state index in [2.05, 4.69) is 10.0 Å². The smallest absolute Gasteiger partial charge is 0.261 e. The van der Waals surface area contributed by atoms with Crippen molar-refractivity contribution >= 4 is 33.2 Å². The normalized spacial score (nSPS) is 11.0. The lowest BCUT2D eigenvalue weighted by molar-refractivity contribution is -0.123. The second-order valence-corrected chi connectivity index (χ2v) is 8.35. The minimum Gasteiger partial charge on any atom is -0.482 e. The first-order chi connectivity index (χ1) is 14.3. The Kier molecular flexibility index (Phi) is 6.91. The molecule has 0 unspecified atom stereocenters. The lowest BCUT2D eigenvalue weighted by atomic mass is 10.2. The maximum atomic E-state index is 13.0. The molecule has 9 heteroatoms. The van der Waals surface area contributed by atoms with Crippen LogP contribution in [0.3, 0.4) is 0 Å². The van der Waals surface area contributed by atoms with Gasteiger partial charge in [-0.15, -0.1) is 0 Å². The van der Waals surface area contributed by atoms with Crippen LogP contribution < -0.4 is 14.8 Å². The van der Waals surface area contributed by atoms with Crippen molar-refractivity contribution in [2.45, 2.75) is 11.4 Å². The predicted octanol–water partition coefficient (Wildman–Crippen LogP) is 3.98. The van der Waals surface area contributed by atoms with Crippen LogP contribution in [0.4, 0.5) is 10.1 Å². The number of ether oxygens (including phenoxy) is 1. The third-order valence-corrected chi connectivity index (χ3v) is 5.68. The van der Waals surface area contributed by atoms with Gasteiger partial charge in [0.1, 0.15) is 11.6 Å². The molecule has 0 aromatic heterocycles. The summed E-state index contributed by atoms with van der Waals surface area (Å²) in [7, 11) is -3.93. The predicted molar refractivity (Wildman–Crippen MR) is 112 cm³/mol. The van der Waals surface area contributed by atoms with Gasteiger partial charge in [0.25, 0.3) is 15.9 Å². The second-order valence-electron chi connectivity index (χ2n) is 6.26. The average molecular weight is 449 g/mol. The van der Waals surface area contributed by atoms with Crippen LogP contribution in [-0.2, 0) is 21.4 Å². The van der Waals surface area contributed by atoms with Crippen LogP contribution in [0.1, 0.15) is 5.56 Å². The highest BCUT2D eigenvalue weighted by Gasteiger charge is 2.17. The molecule has 6 nitrogen and oxygen atoms in total. The van der Waals surface area contributed by atoms with Crippen molar-refractivity contribution in [3.63, 3.8) is 0 Å². The third-order valence-electron chi connectivity index (χ3n) is 4.00. The first kappa shape index (κ1) is 21.6. The zero-order chi connectivity index (χ0) is 21.6. The molecule has 0 aliphatic heterocycles. The third kappa shape index (κ3) is 5.95. The van der Waals surface area contributed by atoms with Gasteiger partial charge in [0.15, 0.2) is 6.61 Å². The molecule has 0 aliphatic carbocycles. The summed E-state index contributed by atoms with van der Waals surface area (Å²) in [5.74, 6) is -0.646. The number of sulfonamides is 1. The molecule has 0 atom stereocenters. The van der Waals surface area contributed by atoms with Gasteiger partial charge < -0.3 is 10.1 Å². The van der Waals surface area contributed by atoms with Gasteiger partial charge in [-0.05, 0) is 48.0 Å². The second kappa shape index (κ2) is 9.60. The minimum absolute atomic E-state index is 0.0350. The van der Waals surface area contributed by atoms with E-state index in [0.717, 1.165) is 17.7 Å². The number of carbonyl (C=O) groups is 1. The molecule has 0 aliphatic rings. The summed E-state index contributed by atoms with van der Waals surface area (Å²) < 4.78 is 45.6. The molecule has 0 spiro atoms. The molecule has 0 saturated carbocycles. The standard InChI is InChI=1S/C21H18ClFN2O4S/c22-19-12-18(30(27,28)25-17-8-6-16(23)7-9-17)10-11-20(19)29-14-21(26)24-13-15-4-2-1-3-5-15/h1-12,25H,13-14H2,(H,24,26). The highest BCUT2D eigenvalue weighted by molar-refractivity contribution is 7.92. The summed E-state index contributed by atoms with van der Waals surface area (Å²) in [4.78, 5) is 11.8. The van der Waals surface area contributed by atoms with Crippen molar-refractivity contribution in [1.82, 2.24) is 5.32 Å². The van der Waals surface area contributed by atoms with E-state index in [9.17, 15) is 17.6 Å². The maximum Gasteiger partial charge on any atom is 0.261 e. The van der Waals surface area contributed by atoms with E-state index >= 15 is 0 Å².